The topological polar surface area (TPSA) is 38.0 Å². The summed E-state index contributed by atoms with van der Waals surface area (Å²) in [6.45, 7) is 0. The quantitative estimate of drug-likeness (QED) is 0.492. The summed E-state index contributed by atoms with van der Waals surface area (Å²) in [4.78, 5) is 0. The van der Waals surface area contributed by atoms with Crippen LogP contribution in [0.25, 0.3) is 0 Å². The van der Waals surface area contributed by atoms with Crippen LogP contribution in [-0.4, -0.2) is 0 Å². The normalized spacial score (nSPS) is 12.5. The second-order valence-electron chi connectivity index (χ2n) is 4.03. The van der Waals surface area contributed by atoms with Crippen molar-refractivity contribution in [3.8, 4) is 0 Å². The molecule has 0 bridgehead atoms. The molecule has 0 radical (unpaired) electrons. The molecule has 1 atom stereocenters. The first-order chi connectivity index (χ1) is 9.45. The molecule has 0 aliphatic heterocycles. The molecule has 3 N–H and O–H groups in total. The number of nitrogens with two attached hydrogens (primary N) is 1. The van der Waals surface area contributed by atoms with E-state index in [0.29, 0.717) is 10.6 Å². The second kappa shape index (κ2) is 6.24. The van der Waals surface area contributed by atoms with E-state index >= 15 is 0 Å². The molecule has 1 unspecified atom stereocenters. The van der Waals surface area contributed by atoms with Gasteiger partial charge in [-0.25, -0.2) is 14.2 Å². The lowest BCUT2D eigenvalue weighted by Crippen LogP contribution is -2.30. The number of benzene rings is 2. The van der Waals surface area contributed by atoms with E-state index in [4.69, 9.17) is 40.6 Å². The molecule has 0 saturated carbocycles. The lowest BCUT2D eigenvalue weighted by Gasteiger charge is -2.19. The zero-order chi connectivity index (χ0) is 14.9. The van der Waals surface area contributed by atoms with Gasteiger partial charge < -0.3 is 0 Å². The Morgan fingerprint density at radius 3 is 2.20 bits per heavy atom. The summed E-state index contributed by atoms with van der Waals surface area (Å²) in [7, 11) is 0. The SMILES string of the molecule is NNC(c1ccc(Cl)c(Cl)c1)c1c(Cl)ccc(F)c1F. The Labute approximate surface area is 129 Å². The predicted octanol–water partition coefficient (Wildman–Crippen LogP) is 4.48. The van der Waals surface area contributed by atoms with E-state index in [1.807, 2.05) is 0 Å². The van der Waals surface area contributed by atoms with Crippen molar-refractivity contribution in [3.63, 3.8) is 0 Å². The summed E-state index contributed by atoms with van der Waals surface area (Å²) >= 11 is 17.7. The highest BCUT2D eigenvalue weighted by atomic mass is 35.5. The van der Waals surface area contributed by atoms with Gasteiger partial charge in [-0.2, -0.15) is 0 Å². The van der Waals surface area contributed by atoms with Crippen LogP contribution in [0.4, 0.5) is 8.78 Å². The first-order valence-electron chi connectivity index (χ1n) is 5.50. The first-order valence-corrected chi connectivity index (χ1v) is 6.63. The van der Waals surface area contributed by atoms with Crippen LogP contribution in [-0.2, 0) is 0 Å². The second-order valence-corrected chi connectivity index (χ2v) is 5.25. The molecule has 0 fully saturated rings. The van der Waals surface area contributed by atoms with E-state index in [1.165, 1.54) is 18.2 Å². The molecule has 0 aliphatic carbocycles. The maximum Gasteiger partial charge on any atom is 0.165 e. The van der Waals surface area contributed by atoms with Gasteiger partial charge in [0.05, 0.1) is 16.1 Å². The van der Waals surface area contributed by atoms with Gasteiger partial charge in [-0.3, -0.25) is 5.84 Å². The van der Waals surface area contributed by atoms with Crippen molar-refractivity contribution in [1.29, 1.82) is 0 Å². The maximum absolute atomic E-state index is 14.0. The largest absolute Gasteiger partial charge is 0.271 e. The lowest BCUT2D eigenvalue weighted by atomic mass is 9.98. The Morgan fingerprint density at radius 1 is 0.950 bits per heavy atom. The Kier molecular flexibility index (Phi) is 4.83. The first kappa shape index (κ1) is 15.5. The highest BCUT2D eigenvalue weighted by Crippen LogP contribution is 2.33. The van der Waals surface area contributed by atoms with Gasteiger partial charge in [0.2, 0.25) is 0 Å². The van der Waals surface area contributed by atoms with E-state index in [1.54, 1.807) is 6.07 Å². The van der Waals surface area contributed by atoms with Crippen LogP contribution in [0.2, 0.25) is 15.1 Å². The smallest absolute Gasteiger partial charge is 0.165 e. The number of nitrogens with one attached hydrogen (secondary N) is 1. The molecule has 106 valence electrons. The van der Waals surface area contributed by atoms with Gasteiger partial charge in [-0.15, -0.1) is 0 Å². The van der Waals surface area contributed by atoms with Gasteiger partial charge in [-0.05, 0) is 29.8 Å². The summed E-state index contributed by atoms with van der Waals surface area (Å²) in [5.41, 5.74) is 2.81. The fourth-order valence-corrected chi connectivity index (χ4v) is 2.41. The Balaban J connectivity index is 2.58. The molecule has 20 heavy (non-hydrogen) atoms. The minimum absolute atomic E-state index is 0.0536. The lowest BCUT2D eigenvalue weighted by molar-refractivity contribution is 0.483. The van der Waals surface area contributed by atoms with Crippen molar-refractivity contribution in [2.24, 2.45) is 5.84 Å². The molecular formula is C13H9Cl3F2N2. The van der Waals surface area contributed by atoms with E-state index in [2.05, 4.69) is 5.43 Å². The van der Waals surface area contributed by atoms with Crippen LogP contribution < -0.4 is 11.3 Å². The molecule has 0 spiro atoms. The molecule has 0 heterocycles. The Morgan fingerprint density at radius 2 is 1.60 bits per heavy atom. The zero-order valence-electron chi connectivity index (χ0n) is 9.93. The van der Waals surface area contributed by atoms with Gasteiger partial charge in [-0.1, -0.05) is 40.9 Å². The van der Waals surface area contributed by atoms with Crippen LogP contribution in [0.1, 0.15) is 17.2 Å². The van der Waals surface area contributed by atoms with Crippen LogP contribution in [0.5, 0.6) is 0 Å². The minimum Gasteiger partial charge on any atom is -0.271 e. The summed E-state index contributed by atoms with van der Waals surface area (Å²) in [6, 6.07) is 6.00. The summed E-state index contributed by atoms with van der Waals surface area (Å²) in [5.74, 6) is 3.37. The van der Waals surface area contributed by atoms with Crippen molar-refractivity contribution in [2.45, 2.75) is 6.04 Å². The Hall–Kier alpha value is -0.910. The average molecular weight is 338 g/mol. The molecule has 2 nitrogen and oxygen atoms in total. The number of hydrazine groups is 1. The Bertz CT molecular complexity index is 650. The van der Waals surface area contributed by atoms with Crippen molar-refractivity contribution in [1.82, 2.24) is 5.43 Å². The zero-order valence-corrected chi connectivity index (χ0v) is 12.2. The maximum atomic E-state index is 14.0. The van der Waals surface area contributed by atoms with Crippen molar-refractivity contribution in [2.75, 3.05) is 0 Å². The van der Waals surface area contributed by atoms with Crippen LogP contribution in [0, 0.1) is 11.6 Å². The van der Waals surface area contributed by atoms with E-state index in [0.717, 1.165) is 6.07 Å². The average Bonchev–Trinajstić information content (AvgIpc) is 2.42. The molecule has 0 aliphatic rings. The summed E-state index contributed by atoms with van der Waals surface area (Å²) in [6.07, 6.45) is 0. The highest BCUT2D eigenvalue weighted by Gasteiger charge is 2.23. The number of hydrogen-bond acceptors (Lipinski definition) is 2. The fraction of sp³-hybridized carbons (Fsp3) is 0.0769. The van der Waals surface area contributed by atoms with E-state index in [-0.39, 0.29) is 15.6 Å². The molecule has 7 heteroatoms. The third-order valence-electron chi connectivity index (χ3n) is 2.81. The number of halogens is 5. The molecular weight excluding hydrogens is 329 g/mol. The van der Waals surface area contributed by atoms with Gasteiger partial charge in [0, 0.05) is 10.6 Å². The predicted molar refractivity (Wildman–Crippen MR) is 77.0 cm³/mol. The standard InChI is InChI=1S/C13H9Cl3F2N2/c14-7-2-1-6(5-9(7)16)13(20-19)11-8(15)3-4-10(17)12(11)18/h1-5,13,20H,19H2. The molecule has 2 aromatic carbocycles. The molecule has 2 rings (SSSR count). The van der Waals surface area contributed by atoms with Gasteiger partial charge >= 0.3 is 0 Å². The van der Waals surface area contributed by atoms with Gasteiger partial charge in [0.1, 0.15) is 0 Å². The third kappa shape index (κ3) is 2.90. The summed E-state index contributed by atoms with van der Waals surface area (Å²) < 4.78 is 27.3. The molecule has 0 amide bonds. The number of rotatable bonds is 3. The monoisotopic (exact) mass is 336 g/mol. The van der Waals surface area contributed by atoms with Crippen LogP contribution in [0.3, 0.4) is 0 Å². The fourth-order valence-electron chi connectivity index (χ4n) is 1.85. The summed E-state index contributed by atoms with van der Waals surface area (Å²) in [5, 5.41) is 0.673. The van der Waals surface area contributed by atoms with E-state index in [9.17, 15) is 8.78 Å². The number of hydrogen-bond donors (Lipinski definition) is 2. The van der Waals surface area contributed by atoms with Crippen LogP contribution >= 0.6 is 34.8 Å². The van der Waals surface area contributed by atoms with Crippen molar-refractivity contribution < 1.29 is 8.78 Å². The van der Waals surface area contributed by atoms with Gasteiger partial charge in [0.25, 0.3) is 0 Å². The molecule has 0 saturated heterocycles. The van der Waals surface area contributed by atoms with E-state index < -0.39 is 17.7 Å². The highest BCUT2D eigenvalue weighted by molar-refractivity contribution is 6.42. The molecule has 2 aromatic rings. The van der Waals surface area contributed by atoms with Crippen molar-refractivity contribution in [3.05, 3.63) is 68.2 Å². The molecule has 0 aromatic heterocycles. The minimum atomic E-state index is -1.06. The third-order valence-corrected chi connectivity index (χ3v) is 3.88. The van der Waals surface area contributed by atoms with Crippen molar-refractivity contribution >= 4 is 34.8 Å². The van der Waals surface area contributed by atoms with Gasteiger partial charge in [0.15, 0.2) is 11.6 Å². The van der Waals surface area contributed by atoms with Crippen LogP contribution in [0.15, 0.2) is 30.3 Å².